The van der Waals surface area contributed by atoms with Crippen LogP contribution in [0.5, 0.6) is 0 Å². The topological polar surface area (TPSA) is 52.6 Å². The summed E-state index contributed by atoms with van der Waals surface area (Å²) in [6.07, 6.45) is 0.804. The summed E-state index contributed by atoms with van der Waals surface area (Å²) in [5.41, 5.74) is 1.79. The molecule has 94 valence electrons. The van der Waals surface area contributed by atoms with Gasteiger partial charge in [0.15, 0.2) is 0 Å². The average Bonchev–Trinajstić information content (AvgIpc) is 2.31. The molecule has 1 aromatic carbocycles. The third-order valence-electron chi connectivity index (χ3n) is 2.68. The van der Waals surface area contributed by atoms with Crippen molar-refractivity contribution in [2.24, 2.45) is 0 Å². The minimum Gasteiger partial charge on any atom is -0.324 e. The largest absolute Gasteiger partial charge is 0.324 e. The molecule has 0 aliphatic rings. The van der Waals surface area contributed by atoms with Gasteiger partial charge in [0.1, 0.15) is 6.04 Å². The van der Waals surface area contributed by atoms with E-state index in [1.54, 1.807) is 6.92 Å². The Bertz CT molecular complexity index is 379. The third kappa shape index (κ3) is 3.84. The zero-order valence-corrected chi connectivity index (χ0v) is 10.6. The van der Waals surface area contributed by atoms with E-state index in [1.165, 1.54) is 0 Å². The molecule has 0 saturated carbocycles. The van der Waals surface area contributed by atoms with Crippen molar-refractivity contribution < 1.29 is 10.0 Å². The molecule has 17 heavy (non-hydrogen) atoms. The van der Waals surface area contributed by atoms with Crippen molar-refractivity contribution in [3.05, 3.63) is 29.8 Å². The molecule has 1 atom stereocenters. The Morgan fingerprint density at radius 3 is 2.71 bits per heavy atom. The number of para-hydroxylation sites is 1. The third-order valence-corrected chi connectivity index (χ3v) is 2.68. The lowest BCUT2D eigenvalue weighted by Crippen LogP contribution is -2.40. The lowest BCUT2D eigenvalue weighted by Gasteiger charge is -2.21. The molecule has 0 aliphatic heterocycles. The van der Waals surface area contributed by atoms with E-state index in [2.05, 4.69) is 5.32 Å². The fourth-order valence-electron chi connectivity index (χ4n) is 1.51. The van der Waals surface area contributed by atoms with Crippen LogP contribution in [0, 0.1) is 6.92 Å². The van der Waals surface area contributed by atoms with Crippen LogP contribution in [0.3, 0.4) is 0 Å². The summed E-state index contributed by atoms with van der Waals surface area (Å²) in [4.78, 5) is 11.9. The summed E-state index contributed by atoms with van der Waals surface area (Å²) in [6, 6.07) is 7.03. The number of hydrogen-bond acceptors (Lipinski definition) is 3. The van der Waals surface area contributed by atoms with Gasteiger partial charge in [-0.05, 0) is 31.9 Å². The normalized spacial score (nSPS) is 12.5. The number of amides is 1. The maximum atomic E-state index is 11.9. The summed E-state index contributed by atoms with van der Waals surface area (Å²) in [5.74, 6) is -0.199. The van der Waals surface area contributed by atoms with Gasteiger partial charge in [-0.25, -0.2) is 0 Å². The van der Waals surface area contributed by atoms with Gasteiger partial charge in [-0.15, -0.1) is 0 Å². The number of benzene rings is 1. The van der Waals surface area contributed by atoms with Gasteiger partial charge in [-0.1, -0.05) is 25.1 Å². The van der Waals surface area contributed by atoms with E-state index in [-0.39, 0.29) is 5.91 Å². The molecule has 1 aromatic rings. The number of anilines is 1. The minimum absolute atomic E-state index is 0.199. The van der Waals surface area contributed by atoms with E-state index in [4.69, 9.17) is 0 Å². The van der Waals surface area contributed by atoms with Crippen LogP contribution in [0.25, 0.3) is 0 Å². The number of carbonyl (C=O) groups excluding carboxylic acids is 1. The molecular weight excluding hydrogens is 216 g/mol. The first-order valence-electron chi connectivity index (χ1n) is 5.88. The molecule has 1 rings (SSSR count). The van der Waals surface area contributed by atoms with E-state index >= 15 is 0 Å². The first-order valence-corrected chi connectivity index (χ1v) is 5.88. The molecule has 0 bridgehead atoms. The molecule has 0 fully saturated rings. The number of hydroxylamine groups is 2. The molecule has 4 nitrogen and oxygen atoms in total. The summed E-state index contributed by atoms with van der Waals surface area (Å²) in [6.45, 7) is 6.06. The fourth-order valence-corrected chi connectivity index (χ4v) is 1.51. The number of nitrogens with zero attached hydrogens (tertiary/aromatic N) is 1. The van der Waals surface area contributed by atoms with Crippen LogP contribution < -0.4 is 5.32 Å². The number of rotatable bonds is 5. The van der Waals surface area contributed by atoms with Gasteiger partial charge in [-0.3, -0.25) is 4.79 Å². The smallest absolute Gasteiger partial charge is 0.243 e. The lowest BCUT2D eigenvalue weighted by atomic mass is 10.2. The highest BCUT2D eigenvalue weighted by atomic mass is 16.5. The second-order valence-electron chi connectivity index (χ2n) is 4.14. The van der Waals surface area contributed by atoms with E-state index < -0.39 is 6.04 Å². The second-order valence-corrected chi connectivity index (χ2v) is 4.14. The Hall–Kier alpha value is -1.39. The molecule has 0 radical (unpaired) electrons. The van der Waals surface area contributed by atoms with Crippen LogP contribution in [-0.4, -0.2) is 28.8 Å². The monoisotopic (exact) mass is 236 g/mol. The highest BCUT2D eigenvalue weighted by Crippen LogP contribution is 2.14. The van der Waals surface area contributed by atoms with Gasteiger partial charge in [0.05, 0.1) is 0 Å². The van der Waals surface area contributed by atoms with Crippen LogP contribution in [0.2, 0.25) is 0 Å². The number of aryl methyl sites for hydroxylation is 1. The van der Waals surface area contributed by atoms with Gasteiger partial charge >= 0.3 is 0 Å². The molecule has 0 heterocycles. The molecule has 1 unspecified atom stereocenters. The van der Waals surface area contributed by atoms with E-state index in [0.29, 0.717) is 6.54 Å². The van der Waals surface area contributed by atoms with Gasteiger partial charge in [0.25, 0.3) is 0 Å². The Morgan fingerprint density at radius 1 is 1.47 bits per heavy atom. The number of hydrogen-bond donors (Lipinski definition) is 2. The van der Waals surface area contributed by atoms with Crippen molar-refractivity contribution in [3.63, 3.8) is 0 Å². The van der Waals surface area contributed by atoms with Crippen LogP contribution in [0.1, 0.15) is 25.8 Å². The van der Waals surface area contributed by atoms with Crippen molar-refractivity contribution in [3.8, 4) is 0 Å². The van der Waals surface area contributed by atoms with Gasteiger partial charge in [-0.2, -0.15) is 5.06 Å². The predicted octanol–water partition coefficient (Wildman–Crippen LogP) is 2.42. The SMILES string of the molecule is CCCN(O)C(C)C(=O)Nc1ccccc1C. The van der Waals surface area contributed by atoms with E-state index in [0.717, 1.165) is 22.7 Å². The second kappa shape index (κ2) is 6.37. The van der Waals surface area contributed by atoms with Crippen molar-refractivity contribution in [2.75, 3.05) is 11.9 Å². The Balaban J connectivity index is 2.63. The number of nitrogens with one attached hydrogen (secondary N) is 1. The van der Waals surface area contributed by atoms with Crippen LogP contribution >= 0.6 is 0 Å². The first-order chi connectivity index (χ1) is 8.06. The molecule has 2 N–H and O–H groups in total. The summed E-state index contributed by atoms with van der Waals surface area (Å²) in [5, 5.41) is 13.5. The zero-order chi connectivity index (χ0) is 12.8. The highest BCUT2D eigenvalue weighted by Gasteiger charge is 2.19. The molecule has 0 aliphatic carbocycles. The van der Waals surface area contributed by atoms with Gasteiger partial charge in [0, 0.05) is 12.2 Å². The summed E-state index contributed by atoms with van der Waals surface area (Å²) >= 11 is 0. The van der Waals surface area contributed by atoms with E-state index in [1.807, 2.05) is 38.1 Å². The molecule has 0 saturated heterocycles. The minimum atomic E-state index is -0.547. The van der Waals surface area contributed by atoms with Crippen LogP contribution in [-0.2, 0) is 4.79 Å². The van der Waals surface area contributed by atoms with Gasteiger partial charge in [0.2, 0.25) is 5.91 Å². The van der Waals surface area contributed by atoms with Crippen LogP contribution in [0.4, 0.5) is 5.69 Å². The summed E-state index contributed by atoms with van der Waals surface area (Å²) < 4.78 is 0. The maximum Gasteiger partial charge on any atom is 0.243 e. The van der Waals surface area contributed by atoms with Crippen molar-refractivity contribution in [2.45, 2.75) is 33.2 Å². The first kappa shape index (κ1) is 13.7. The van der Waals surface area contributed by atoms with Crippen molar-refractivity contribution in [1.29, 1.82) is 0 Å². The highest BCUT2D eigenvalue weighted by molar-refractivity contribution is 5.95. The summed E-state index contributed by atoms with van der Waals surface area (Å²) in [7, 11) is 0. The maximum absolute atomic E-state index is 11.9. The standard InChI is InChI=1S/C13H20N2O2/c1-4-9-15(17)11(3)13(16)14-12-8-6-5-7-10(12)2/h5-8,11,17H,4,9H2,1-3H3,(H,14,16). The fraction of sp³-hybridized carbons (Fsp3) is 0.462. The molecule has 1 amide bonds. The zero-order valence-electron chi connectivity index (χ0n) is 10.6. The average molecular weight is 236 g/mol. The van der Waals surface area contributed by atoms with E-state index in [9.17, 15) is 10.0 Å². The predicted molar refractivity (Wildman–Crippen MR) is 68.1 cm³/mol. The van der Waals surface area contributed by atoms with Gasteiger partial charge < -0.3 is 10.5 Å². The molecule has 0 spiro atoms. The Labute approximate surface area is 102 Å². The molecule has 4 heteroatoms. The Kier molecular flexibility index (Phi) is 5.12. The number of carbonyl (C=O) groups is 1. The molecular formula is C13H20N2O2. The molecule has 0 aromatic heterocycles. The van der Waals surface area contributed by atoms with Crippen LogP contribution in [0.15, 0.2) is 24.3 Å². The van der Waals surface area contributed by atoms with Crippen molar-refractivity contribution >= 4 is 11.6 Å². The van der Waals surface area contributed by atoms with Crippen molar-refractivity contribution in [1.82, 2.24) is 5.06 Å². The lowest BCUT2D eigenvalue weighted by molar-refractivity contribution is -0.148. The quantitative estimate of drug-likeness (QED) is 0.772. The Morgan fingerprint density at radius 2 is 2.12 bits per heavy atom.